The van der Waals surface area contributed by atoms with Crippen molar-refractivity contribution in [3.63, 3.8) is 0 Å². The maximum absolute atomic E-state index is 7.83. The van der Waals surface area contributed by atoms with E-state index in [2.05, 4.69) is 22.1 Å². The Hall–Kier alpha value is -4.37. The first-order valence-electron chi connectivity index (χ1n) is 18.7. The molecule has 0 aliphatic heterocycles. The van der Waals surface area contributed by atoms with Crippen LogP contribution < -0.4 is 0 Å². The van der Waals surface area contributed by atoms with Crippen molar-refractivity contribution < 1.29 is 41.0 Å². The maximum Gasteiger partial charge on any atom is 0.121 e. The predicted molar refractivity (Wildman–Crippen MR) is 169 cm³/mol. The van der Waals surface area contributed by atoms with Crippen LogP contribution >= 0.6 is 0 Å². The summed E-state index contributed by atoms with van der Waals surface area (Å²) >= 11 is 0. The summed E-state index contributed by atoms with van der Waals surface area (Å²) in [5.74, 6) is 0. The van der Waals surface area contributed by atoms with E-state index < -0.39 is 27.4 Å². The van der Waals surface area contributed by atoms with Gasteiger partial charge in [0.25, 0.3) is 0 Å². The zero-order valence-corrected chi connectivity index (χ0v) is 24.4. The van der Waals surface area contributed by atoms with Gasteiger partial charge in [-0.1, -0.05) is 84.0 Å². The number of benzene rings is 4. The number of pyridine rings is 2. The van der Waals surface area contributed by atoms with Crippen LogP contribution in [0.3, 0.4) is 0 Å². The number of rotatable bonds is 3. The topological polar surface area (TPSA) is 38.9 Å². The second-order valence-electron chi connectivity index (χ2n) is 9.31. The molecule has 0 N–H and O–H groups in total. The Morgan fingerprint density at radius 3 is 2.24 bits per heavy atom. The van der Waals surface area contributed by atoms with Crippen molar-refractivity contribution in [2.45, 2.75) is 27.4 Å². The molecule has 0 bridgehead atoms. The Balaban J connectivity index is 0.000000230. The van der Waals surface area contributed by atoms with Gasteiger partial charge in [-0.05, 0) is 60.3 Å². The van der Waals surface area contributed by atoms with Crippen molar-refractivity contribution in [2.24, 2.45) is 0 Å². The van der Waals surface area contributed by atoms with E-state index >= 15 is 0 Å². The molecule has 0 fully saturated rings. The fourth-order valence-electron chi connectivity index (χ4n) is 4.47. The van der Waals surface area contributed by atoms with Crippen molar-refractivity contribution in [1.82, 2.24) is 9.97 Å². The first kappa shape index (κ1) is 17.6. The zero-order valence-electron chi connectivity index (χ0n) is 34.0. The minimum atomic E-state index is -2.60. The molecule has 0 aliphatic carbocycles. The number of hydrogen-bond acceptors (Lipinski definition) is 3. The van der Waals surface area contributed by atoms with Gasteiger partial charge in [0.15, 0.2) is 0 Å². The number of furan rings is 1. The Labute approximate surface area is 277 Å². The van der Waals surface area contributed by atoms with E-state index in [1.165, 1.54) is 30.5 Å². The van der Waals surface area contributed by atoms with Gasteiger partial charge in [0.2, 0.25) is 0 Å². The molecule has 209 valence electrons. The number of nitrogens with zero attached hydrogens (tertiary/aromatic N) is 2. The van der Waals surface area contributed by atoms with E-state index in [9.17, 15) is 0 Å². The van der Waals surface area contributed by atoms with Crippen LogP contribution in [0.2, 0.25) is 0 Å². The summed E-state index contributed by atoms with van der Waals surface area (Å²) in [4.78, 5) is 8.35. The molecular formula is C38H30IrN2O-2. The van der Waals surface area contributed by atoms with Crippen LogP contribution in [-0.2, 0) is 20.1 Å². The molecule has 0 unspecified atom stereocenters. The van der Waals surface area contributed by atoms with E-state index in [-0.39, 0.29) is 42.4 Å². The fraction of sp³-hybridized carbons (Fsp3) is 0.105. The van der Waals surface area contributed by atoms with Gasteiger partial charge in [0.05, 0.1) is 5.58 Å². The molecule has 0 atom stereocenters. The molecule has 0 saturated carbocycles. The minimum absolute atomic E-state index is 0. The molecule has 1 radical (unpaired) electrons. The average molecular weight is 735 g/mol. The second kappa shape index (κ2) is 12.6. The first-order chi connectivity index (χ1) is 24.8. The van der Waals surface area contributed by atoms with E-state index in [0.717, 1.165) is 28.1 Å². The van der Waals surface area contributed by atoms with Crippen molar-refractivity contribution in [2.75, 3.05) is 0 Å². The van der Waals surface area contributed by atoms with Crippen LogP contribution in [0.5, 0.6) is 0 Å². The summed E-state index contributed by atoms with van der Waals surface area (Å²) in [7, 11) is 0. The summed E-state index contributed by atoms with van der Waals surface area (Å²) < 4.78 is 96.4. The van der Waals surface area contributed by atoms with Gasteiger partial charge in [-0.2, -0.15) is 0 Å². The molecule has 4 heteroatoms. The molecular weight excluding hydrogens is 693 g/mol. The van der Waals surface area contributed by atoms with Crippen LogP contribution in [0.1, 0.15) is 38.7 Å². The Kier molecular flexibility index (Phi) is 5.29. The molecule has 0 spiro atoms. The largest absolute Gasteiger partial charge is 0.501 e. The molecule has 7 rings (SSSR count). The fourth-order valence-corrected chi connectivity index (χ4v) is 4.47. The molecule has 4 aromatic carbocycles. The monoisotopic (exact) mass is 735 g/mol. The number of hydrogen-bond donors (Lipinski definition) is 0. The van der Waals surface area contributed by atoms with Crippen molar-refractivity contribution in [3.05, 3.63) is 144 Å². The van der Waals surface area contributed by atoms with Crippen LogP contribution in [0.25, 0.3) is 55.6 Å². The van der Waals surface area contributed by atoms with Crippen molar-refractivity contribution >= 4 is 21.9 Å². The standard InChI is InChI=1S/C25H18NO.C13H12N.Ir/c1-16-13-23(26-15-17(16)2)22-10-6-9-21-20-12-11-19(14-24(20)27-25(21)22)18-7-4-3-5-8-18;1-10-3-6-12(7-4-10)13-8-5-11(2)9-14-13;/h3-9,11-15H,1-2H3;3-6,8-9H,1-2H3;/q2*-1;/i2*1D3,2D3;. The van der Waals surface area contributed by atoms with E-state index in [0.29, 0.717) is 33.7 Å². The normalized spacial score (nSPS) is 16.1. The van der Waals surface area contributed by atoms with Crippen LogP contribution in [0, 0.1) is 39.5 Å². The van der Waals surface area contributed by atoms with Gasteiger partial charge in [-0.3, -0.25) is 0 Å². The second-order valence-corrected chi connectivity index (χ2v) is 9.31. The number of aromatic nitrogens is 2. The van der Waals surface area contributed by atoms with Gasteiger partial charge in [0, 0.05) is 54.3 Å². The summed E-state index contributed by atoms with van der Waals surface area (Å²) in [5, 5.41) is 1.76. The molecule has 3 nitrogen and oxygen atoms in total. The third kappa shape index (κ3) is 6.11. The predicted octanol–water partition coefficient (Wildman–Crippen LogP) is 9.90. The van der Waals surface area contributed by atoms with Gasteiger partial charge < -0.3 is 14.4 Å². The summed E-state index contributed by atoms with van der Waals surface area (Å²) in [6.45, 7) is -9.53. The molecule has 0 saturated heterocycles. The van der Waals surface area contributed by atoms with Crippen molar-refractivity contribution in [1.29, 1.82) is 0 Å². The Morgan fingerprint density at radius 2 is 1.50 bits per heavy atom. The van der Waals surface area contributed by atoms with Gasteiger partial charge in [-0.15, -0.1) is 53.6 Å². The zero-order chi connectivity index (χ0) is 38.3. The Bertz CT molecular complexity index is 2330. The third-order valence-corrected chi connectivity index (χ3v) is 6.55. The number of aryl methyl sites for hydroxylation is 4. The van der Waals surface area contributed by atoms with Crippen LogP contribution in [0.15, 0.2) is 114 Å². The van der Waals surface area contributed by atoms with Gasteiger partial charge >= 0.3 is 0 Å². The maximum atomic E-state index is 7.83. The molecule has 0 amide bonds. The SMILES string of the molecule is [2H]C([2H])([2H])c1c[c-]c(-c2ccc(C([2H])([2H])[2H])cn2)cc1.[2H]C([2H])([2H])c1cnc(-c2[c-]ccc3c2oc2cc(-c4ccccc4)ccc23)cc1C([2H])([2H])[2H].[Ir]. The smallest absolute Gasteiger partial charge is 0.121 e. The quantitative estimate of drug-likeness (QED) is 0.170. The van der Waals surface area contributed by atoms with E-state index in [1.807, 2.05) is 54.6 Å². The molecule has 3 aromatic heterocycles. The Morgan fingerprint density at radius 1 is 0.667 bits per heavy atom. The van der Waals surface area contributed by atoms with E-state index in [1.54, 1.807) is 18.2 Å². The minimum Gasteiger partial charge on any atom is -0.501 e. The van der Waals surface area contributed by atoms with E-state index in [4.69, 9.17) is 20.9 Å². The first-order valence-corrected chi connectivity index (χ1v) is 12.7. The molecule has 3 heterocycles. The summed E-state index contributed by atoms with van der Waals surface area (Å²) in [6.07, 6.45) is 2.42. The molecule has 7 aromatic rings. The summed E-state index contributed by atoms with van der Waals surface area (Å²) in [5.41, 5.74) is 5.07. The average Bonchev–Trinajstić information content (AvgIpc) is 3.49. The van der Waals surface area contributed by atoms with Crippen LogP contribution in [-0.4, -0.2) is 9.97 Å². The van der Waals surface area contributed by atoms with Gasteiger partial charge in [0.1, 0.15) is 5.58 Å². The molecule has 0 aliphatic rings. The summed E-state index contributed by atoms with van der Waals surface area (Å²) in [6, 6.07) is 34.4. The number of fused-ring (bicyclic) bond motifs is 3. The molecule has 42 heavy (non-hydrogen) atoms. The van der Waals surface area contributed by atoms with Crippen LogP contribution in [0.4, 0.5) is 0 Å². The van der Waals surface area contributed by atoms with Crippen molar-refractivity contribution in [3.8, 4) is 33.6 Å². The third-order valence-electron chi connectivity index (χ3n) is 6.55. The van der Waals surface area contributed by atoms with Gasteiger partial charge in [-0.25, -0.2) is 0 Å².